The highest BCUT2D eigenvalue weighted by Crippen LogP contribution is 2.56. The van der Waals surface area contributed by atoms with E-state index < -0.39 is 23.9 Å². The van der Waals surface area contributed by atoms with Crippen LogP contribution < -0.4 is 16.0 Å². The maximum Gasteiger partial charge on any atom is 0.328 e. The number of urea groups is 1. The third kappa shape index (κ3) is 4.93. The molecule has 168 valence electrons. The number of carboxylic acid groups (broad SMARTS) is 1. The molecule has 0 aromatic heterocycles. The summed E-state index contributed by atoms with van der Waals surface area (Å²) >= 11 is 12.0. The first-order valence-electron chi connectivity index (χ1n) is 10.8. The molecule has 4 aliphatic carbocycles. The molecule has 4 bridgehead atoms. The zero-order valence-corrected chi connectivity index (χ0v) is 18.6. The molecule has 0 saturated heterocycles. The summed E-state index contributed by atoms with van der Waals surface area (Å²) in [7, 11) is 0. The van der Waals surface area contributed by atoms with Crippen LogP contribution in [-0.4, -0.2) is 42.1 Å². The van der Waals surface area contributed by atoms with Crippen molar-refractivity contribution in [3.63, 3.8) is 0 Å². The second kappa shape index (κ2) is 9.25. The first kappa shape index (κ1) is 22.2. The maximum atomic E-state index is 12.4. The smallest absolute Gasteiger partial charge is 0.328 e. The van der Waals surface area contributed by atoms with Gasteiger partial charge >= 0.3 is 12.0 Å². The average molecular weight is 468 g/mol. The van der Waals surface area contributed by atoms with Gasteiger partial charge in [-0.15, -0.1) is 0 Å². The van der Waals surface area contributed by atoms with Crippen molar-refractivity contribution in [1.29, 1.82) is 0 Å². The number of hydrogen-bond acceptors (Lipinski definition) is 3. The fraction of sp³-hybridized carbons (Fsp3) is 0.591. The van der Waals surface area contributed by atoms with Crippen LogP contribution in [0.4, 0.5) is 4.79 Å². The minimum Gasteiger partial charge on any atom is -0.480 e. The fourth-order valence-corrected chi connectivity index (χ4v) is 6.55. The largest absolute Gasteiger partial charge is 0.480 e. The number of halogens is 2. The number of benzene rings is 1. The van der Waals surface area contributed by atoms with E-state index in [1.54, 1.807) is 6.07 Å². The van der Waals surface area contributed by atoms with Gasteiger partial charge in [0, 0.05) is 6.54 Å². The molecule has 4 saturated carbocycles. The summed E-state index contributed by atoms with van der Waals surface area (Å²) in [4.78, 5) is 36.3. The number of aliphatic carboxylic acids is 1. The lowest BCUT2D eigenvalue weighted by Crippen LogP contribution is -2.52. The summed E-state index contributed by atoms with van der Waals surface area (Å²) in [5, 5.41) is 17.5. The molecule has 0 radical (unpaired) electrons. The second-order valence-corrected chi connectivity index (χ2v) is 9.96. The number of carboxylic acids is 1. The zero-order chi connectivity index (χ0) is 22.1. The van der Waals surface area contributed by atoms with E-state index in [1.807, 2.05) is 0 Å². The van der Waals surface area contributed by atoms with Gasteiger partial charge in [-0.1, -0.05) is 29.3 Å². The Kier molecular flexibility index (Phi) is 6.63. The topological polar surface area (TPSA) is 108 Å². The molecular weight excluding hydrogens is 441 g/mol. The van der Waals surface area contributed by atoms with Gasteiger partial charge in [0.15, 0.2) is 0 Å². The molecule has 4 aliphatic rings. The minimum absolute atomic E-state index is 0.00317. The molecule has 9 heteroatoms. The summed E-state index contributed by atoms with van der Waals surface area (Å²) in [5.41, 5.74) is 0.00317. The number of hydrogen-bond donors (Lipinski definition) is 4. The van der Waals surface area contributed by atoms with Gasteiger partial charge in [0.05, 0.1) is 22.2 Å². The molecule has 3 amide bonds. The first-order valence-corrected chi connectivity index (χ1v) is 11.6. The fourth-order valence-electron chi connectivity index (χ4n) is 5.98. The highest BCUT2D eigenvalue weighted by Gasteiger charge is 2.47. The van der Waals surface area contributed by atoms with Crippen LogP contribution in [0.5, 0.6) is 0 Å². The van der Waals surface area contributed by atoms with Crippen LogP contribution in [-0.2, 0) is 4.79 Å². The summed E-state index contributed by atoms with van der Waals surface area (Å²) in [5.74, 6) is 1.68. The predicted molar refractivity (Wildman–Crippen MR) is 117 cm³/mol. The van der Waals surface area contributed by atoms with Crippen LogP contribution in [0.1, 0.15) is 42.5 Å². The summed E-state index contributed by atoms with van der Waals surface area (Å²) in [6, 6.07) is 2.84. The molecule has 4 N–H and O–H groups in total. The van der Waals surface area contributed by atoms with Crippen molar-refractivity contribution in [2.24, 2.45) is 29.6 Å². The standard InChI is InChI=1S/C22H27Cl2N3O4/c23-16-2-1-3-17(24)19(16)20(28)27-18(21(29)30)10-26-22(31)25-9-15-13-5-11-4-12(7-13)8-14(15)6-11/h1-3,11-15,18H,4-10H2,(H,27,28)(H,29,30)(H2,25,26,31)/t11?,12?,13?,14?,15?,18-/m0/s1. The Morgan fingerprint density at radius 3 is 2.10 bits per heavy atom. The lowest BCUT2D eigenvalue weighted by molar-refractivity contribution is -0.139. The van der Waals surface area contributed by atoms with Crippen LogP contribution in [0.15, 0.2) is 18.2 Å². The van der Waals surface area contributed by atoms with Crippen LogP contribution in [0.25, 0.3) is 0 Å². The summed E-state index contributed by atoms with van der Waals surface area (Å²) in [6.07, 6.45) is 6.49. The highest BCUT2D eigenvalue weighted by molar-refractivity contribution is 6.39. The highest BCUT2D eigenvalue weighted by atomic mass is 35.5. The Bertz CT molecular complexity index is 830. The first-order chi connectivity index (χ1) is 14.8. The van der Waals surface area contributed by atoms with E-state index >= 15 is 0 Å². The van der Waals surface area contributed by atoms with Gasteiger partial charge in [-0.3, -0.25) is 4.79 Å². The number of rotatable bonds is 7. The Morgan fingerprint density at radius 2 is 1.55 bits per heavy atom. The van der Waals surface area contributed by atoms with Crippen LogP contribution in [0.3, 0.4) is 0 Å². The number of nitrogens with one attached hydrogen (secondary N) is 3. The predicted octanol–water partition coefficient (Wildman–Crippen LogP) is 3.55. The van der Waals surface area contributed by atoms with E-state index in [0.717, 1.165) is 11.8 Å². The molecule has 0 aliphatic heterocycles. The van der Waals surface area contributed by atoms with Crippen molar-refractivity contribution < 1.29 is 19.5 Å². The maximum absolute atomic E-state index is 12.4. The van der Waals surface area contributed by atoms with Crippen molar-refractivity contribution in [2.45, 2.75) is 38.1 Å². The molecule has 31 heavy (non-hydrogen) atoms. The number of carbonyl (C=O) groups is 3. The van der Waals surface area contributed by atoms with Crippen molar-refractivity contribution in [1.82, 2.24) is 16.0 Å². The van der Waals surface area contributed by atoms with Gasteiger partial charge in [-0.25, -0.2) is 9.59 Å². The molecule has 0 spiro atoms. The van der Waals surface area contributed by atoms with Crippen molar-refractivity contribution >= 4 is 41.1 Å². The molecule has 4 fully saturated rings. The Balaban J connectivity index is 1.27. The van der Waals surface area contributed by atoms with Crippen LogP contribution >= 0.6 is 23.2 Å². The third-order valence-corrected chi connectivity index (χ3v) is 7.81. The molecule has 5 rings (SSSR count). The van der Waals surface area contributed by atoms with Crippen LogP contribution in [0, 0.1) is 29.6 Å². The van der Waals surface area contributed by atoms with Crippen molar-refractivity contribution in [3.8, 4) is 0 Å². The van der Waals surface area contributed by atoms with Gasteiger partial charge in [0.1, 0.15) is 6.04 Å². The summed E-state index contributed by atoms with van der Waals surface area (Å²) in [6.45, 7) is 0.358. The summed E-state index contributed by atoms with van der Waals surface area (Å²) < 4.78 is 0. The Labute approximate surface area is 191 Å². The Morgan fingerprint density at radius 1 is 0.968 bits per heavy atom. The minimum atomic E-state index is -1.31. The molecule has 1 atom stereocenters. The van der Waals surface area contributed by atoms with Crippen molar-refractivity contribution in [2.75, 3.05) is 13.1 Å². The molecule has 0 heterocycles. The quantitative estimate of drug-likeness (QED) is 0.491. The van der Waals surface area contributed by atoms with Gasteiger partial charge < -0.3 is 21.1 Å². The van der Waals surface area contributed by atoms with E-state index in [1.165, 1.54) is 44.2 Å². The second-order valence-electron chi connectivity index (χ2n) is 9.15. The average Bonchev–Trinajstić information content (AvgIpc) is 2.69. The molecule has 7 nitrogen and oxygen atoms in total. The van der Waals surface area contributed by atoms with Gasteiger partial charge in [0.2, 0.25) is 0 Å². The van der Waals surface area contributed by atoms with E-state index in [9.17, 15) is 19.5 Å². The zero-order valence-electron chi connectivity index (χ0n) is 17.1. The molecule has 0 unspecified atom stereocenters. The third-order valence-electron chi connectivity index (χ3n) is 7.18. The normalized spacial score (nSPS) is 29.3. The van der Waals surface area contributed by atoms with Gasteiger partial charge in [-0.05, 0) is 73.8 Å². The molecule has 1 aromatic carbocycles. The molecular formula is C22H27Cl2N3O4. The lowest BCUT2D eigenvalue weighted by atomic mass is 9.52. The van der Waals surface area contributed by atoms with E-state index in [-0.39, 0.29) is 22.2 Å². The van der Waals surface area contributed by atoms with E-state index in [0.29, 0.717) is 24.3 Å². The SMILES string of the molecule is O=C(NCC1C2CC3CC(C2)CC1C3)NC[C@H](NC(=O)c1c(Cl)cccc1Cl)C(=O)O. The van der Waals surface area contributed by atoms with Crippen molar-refractivity contribution in [3.05, 3.63) is 33.8 Å². The monoisotopic (exact) mass is 467 g/mol. The lowest BCUT2D eigenvalue weighted by Gasteiger charge is -2.54. The number of carbonyl (C=O) groups excluding carboxylic acids is 2. The van der Waals surface area contributed by atoms with Gasteiger partial charge in [0.25, 0.3) is 5.91 Å². The van der Waals surface area contributed by atoms with Gasteiger partial charge in [-0.2, -0.15) is 0 Å². The molecule has 1 aromatic rings. The number of amides is 3. The van der Waals surface area contributed by atoms with E-state index in [2.05, 4.69) is 16.0 Å². The van der Waals surface area contributed by atoms with E-state index in [4.69, 9.17) is 23.2 Å². The Hall–Kier alpha value is -1.99. The van der Waals surface area contributed by atoms with Crippen LogP contribution in [0.2, 0.25) is 10.0 Å².